The lowest BCUT2D eigenvalue weighted by atomic mass is 10.2. The van der Waals surface area contributed by atoms with Crippen molar-refractivity contribution in [2.45, 2.75) is 25.8 Å². The molecule has 0 aromatic carbocycles. The Hall–Kier alpha value is -1.79. The lowest BCUT2D eigenvalue weighted by Crippen LogP contribution is -2.26. The maximum absolute atomic E-state index is 10.9. The van der Waals surface area contributed by atoms with Gasteiger partial charge >= 0.3 is 17.3 Å². The average Bonchev–Trinajstić information content (AvgIpc) is 2.42. The van der Waals surface area contributed by atoms with Crippen LogP contribution in [-0.2, 0) is 11.3 Å². The minimum absolute atomic E-state index is 0.0527. The third-order valence-electron chi connectivity index (χ3n) is 1.79. The third-order valence-corrected chi connectivity index (χ3v) is 1.79. The summed E-state index contributed by atoms with van der Waals surface area (Å²) in [5.41, 5.74) is -0.990. The Morgan fingerprint density at radius 3 is 2.29 bits per heavy atom. The largest absolute Gasteiger partial charge is 0.481 e. The van der Waals surface area contributed by atoms with Gasteiger partial charge in [-0.2, -0.15) is 0 Å². The summed E-state index contributed by atoms with van der Waals surface area (Å²) in [7, 11) is 0. The number of hydrogen-bond donors (Lipinski definition) is 3. The van der Waals surface area contributed by atoms with Gasteiger partial charge in [0.05, 0.1) is 0 Å². The maximum Gasteiger partial charge on any atom is 0.344 e. The van der Waals surface area contributed by atoms with E-state index in [9.17, 15) is 14.4 Å². The monoisotopic (exact) mass is 201 g/mol. The number of carboxylic acids is 1. The van der Waals surface area contributed by atoms with Crippen LogP contribution in [0, 0.1) is 0 Å². The van der Waals surface area contributed by atoms with E-state index in [4.69, 9.17) is 5.11 Å². The van der Waals surface area contributed by atoms with Gasteiger partial charge in [0.1, 0.15) is 0 Å². The molecule has 7 nitrogen and oxygen atoms in total. The predicted molar refractivity (Wildman–Crippen MR) is 47.2 cm³/mol. The van der Waals surface area contributed by atoms with Crippen molar-refractivity contribution in [3.63, 3.8) is 0 Å². The van der Waals surface area contributed by atoms with Crippen molar-refractivity contribution in [2.75, 3.05) is 0 Å². The molecule has 0 amide bonds. The number of carboxylic acid groups (broad SMARTS) is 1. The van der Waals surface area contributed by atoms with Gasteiger partial charge in [0.2, 0.25) is 0 Å². The zero-order valence-electron chi connectivity index (χ0n) is 7.45. The van der Waals surface area contributed by atoms with E-state index in [0.29, 0.717) is 12.8 Å². The molecule has 1 aromatic rings. The highest BCUT2D eigenvalue weighted by Crippen LogP contribution is 1.95. The molecule has 78 valence electrons. The second kappa shape index (κ2) is 4.45. The zero-order chi connectivity index (χ0) is 10.6. The number of carbonyl (C=O) groups is 1. The van der Waals surface area contributed by atoms with Crippen LogP contribution >= 0.6 is 0 Å². The Labute approximate surface area is 78.4 Å². The van der Waals surface area contributed by atoms with E-state index < -0.39 is 17.3 Å². The number of aromatic nitrogens is 3. The van der Waals surface area contributed by atoms with Crippen LogP contribution in [-0.4, -0.2) is 25.8 Å². The Kier molecular flexibility index (Phi) is 3.27. The summed E-state index contributed by atoms with van der Waals surface area (Å²) in [6, 6.07) is 0. The van der Waals surface area contributed by atoms with Gasteiger partial charge in [0, 0.05) is 13.0 Å². The molecular formula is C7H11N3O4. The van der Waals surface area contributed by atoms with Crippen molar-refractivity contribution >= 4 is 5.97 Å². The smallest absolute Gasteiger partial charge is 0.344 e. The van der Waals surface area contributed by atoms with Crippen LogP contribution in [0.5, 0.6) is 0 Å². The molecule has 0 bridgehead atoms. The molecule has 14 heavy (non-hydrogen) atoms. The van der Waals surface area contributed by atoms with E-state index in [-0.39, 0.29) is 13.0 Å². The Morgan fingerprint density at radius 2 is 1.79 bits per heavy atom. The fourth-order valence-electron chi connectivity index (χ4n) is 1.08. The lowest BCUT2D eigenvalue weighted by Gasteiger charge is -1.97. The number of rotatable bonds is 5. The summed E-state index contributed by atoms with van der Waals surface area (Å²) >= 11 is 0. The molecule has 0 unspecified atom stereocenters. The fraction of sp³-hybridized carbons (Fsp3) is 0.571. The summed E-state index contributed by atoms with van der Waals surface area (Å²) in [5.74, 6) is -0.875. The van der Waals surface area contributed by atoms with Crippen LogP contribution in [0.2, 0.25) is 0 Å². The van der Waals surface area contributed by atoms with Crippen LogP contribution in [0.1, 0.15) is 19.3 Å². The molecular weight excluding hydrogens is 190 g/mol. The maximum atomic E-state index is 10.9. The first-order chi connectivity index (χ1) is 6.61. The van der Waals surface area contributed by atoms with Crippen molar-refractivity contribution in [3.05, 3.63) is 21.0 Å². The van der Waals surface area contributed by atoms with Gasteiger partial charge in [-0.15, -0.1) is 0 Å². The van der Waals surface area contributed by atoms with E-state index >= 15 is 0 Å². The van der Waals surface area contributed by atoms with E-state index in [1.165, 1.54) is 0 Å². The normalized spacial score (nSPS) is 10.3. The van der Waals surface area contributed by atoms with Crippen molar-refractivity contribution < 1.29 is 9.90 Å². The van der Waals surface area contributed by atoms with Crippen molar-refractivity contribution in [3.8, 4) is 0 Å². The van der Waals surface area contributed by atoms with Gasteiger partial charge in [-0.25, -0.2) is 24.4 Å². The third kappa shape index (κ3) is 2.61. The quantitative estimate of drug-likeness (QED) is 0.537. The topological polar surface area (TPSA) is 108 Å². The zero-order valence-corrected chi connectivity index (χ0v) is 7.45. The predicted octanol–water partition coefficient (Wildman–Crippen LogP) is -0.880. The summed E-state index contributed by atoms with van der Waals surface area (Å²) in [5, 5.41) is 12.6. The summed E-state index contributed by atoms with van der Waals surface area (Å²) < 4.78 is 1.00. The molecule has 1 rings (SSSR count). The molecule has 0 atom stereocenters. The standard InChI is InChI=1S/C7H11N3O4/c11-5(12)3-1-2-4-10-6(13)8-9-7(10)14/h1-4H2,(H,8,13)(H,9,14)(H,11,12). The second-order valence-electron chi connectivity index (χ2n) is 2.86. The SMILES string of the molecule is O=C(O)CCCCn1c(=O)[nH][nH]c1=O. The van der Waals surface area contributed by atoms with Crippen molar-refractivity contribution in [1.82, 2.24) is 14.8 Å². The first-order valence-electron chi connectivity index (χ1n) is 4.20. The van der Waals surface area contributed by atoms with Crippen LogP contribution < -0.4 is 11.4 Å². The van der Waals surface area contributed by atoms with E-state index in [0.717, 1.165) is 4.57 Å². The van der Waals surface area contributed by atoms with Crippen LogP contribution in [0.15, 0.2) is 9.59 Å². The van der Waals surface area contributed by atoms with Crippen LogP contribution in [0.25, 0.3) is 0 Å². The second-order valence-corrected chi connectivity index (χ2v) is 2.86. The Bertz CT molecular complexity index is 386. The molecule has 0 aliphatic carbocycles. The van der Waals surface area contributed by atoms with Crippen molar-refractivity contribution in [2.24, 2.45) is 0 Å². The number of H-pyrrole nitrogens is 2. The lowest BCUT2D eigenvalue weighted by molar-refractivity contribution is -0.137. The molecule has 0 aliphatic rings. The van der Waals surface area contributed by atoms with Gasteiger partial charge in [-0.3, -0.25) is 4.79 Å². The minimum Gasteiger partial charge on any atom is -0.481 e. The number of unbranched alkanes of at least 4 members (excludes halogenated alkanes) is 1. The number of hydrogen-bond acceptors (Lipinski definition) is 3. The highest BCUT2D eigenvalue weighted by molar-refractivity contribution is 5.66. The molecule has 1 heterocycles. The van der Waals surface area contributed by atoms with Crippen LogP contribution in [0.4, 0.5) is 0 Å². The number of aliphatic carboxylic acids is 1. The summed E-state index contributed by atoms with van der Waals surface area (Å²) in [4.78, 5) is 32.0. The molecule has 0 saturated heterocycles. The van der Waals surface area contributed by atoms with Gasteiger partial charge in [-0.1, -0.05) is 0 Å². The molecule has 0 saturated carbocycles. The van der Waals surface area contributed by atoms with Crippen LogP contribution in [0.3, 0.4) is 0 Å². The Balaban J connectivity index is 2.43. The van der Waals surface area contributed by atoms with Crippen molar-refractivity contribution in [1.29, 1.82) is 0 Å². The van der Waals surface area contributed by atoms with E-state index in [2.05, 4.69) is 10.2 Å². The highest BCUT2D eigenvalue weighted by Gasteiger charge is 2.02. The van der Waals surface area contributed by atoms with Gasteiger partial charge in [0.15, 0.2) is 0 Å². The minimum atomic E-state index is -0.875. The number of aromatic amines is 2. The highest BCUT2D eigenvalue weighted by atomic mass is 16.4. The van der Waals surface area contributed by atoms with Gasteiger partial charge in [-0.05, 0) is 12.8 Å². The average molecular weight is 201 g/mol. The van der Waals surface area contributed by atoms with E-state index in [1.807, 2.05) is 0 Å². The summed E-state index contributed by atoms with van der Waals surface area (Å²) in [6.07, 6.45) is 0.997. The summed E-state index contributed by atoms with van der Waals surface area (Å²) in [6.45, 7) is 0.241. The molecule has 0 fully saturated rings. The molecule has 0 radical (unpaired) electrons. The Morgan fingerprint density at radius 1 is 1.21 bits per heavy atom. The number of nitrogens with zero attached hydrogens (tertiary/aromatic N) is 1. The number of nitrogens with one attached hydrogen (secondary N) is 2. The molecule has 0 aliphatic heterocycles. The molecule has 7 heteroatoms. The molecule has 1 aromatic heterocycles. The van der Waals surface area contributed by atoms with Gasteiger partial charge < -0.3 is 5.11 Å². The molecule has 3 N–H and O–H groups in total. The van der Waals surface area contributed by atoms with Gasteiger partial charge in [0.25, 0.3) is 0 Å². The first kappa shape index (κ1) is 10.3. The molecule has 0 spiro atoms. The first-order valence-corrected chi connectivity index (χ1v) is 4.20. The van der Waals surface area contributed by atoms with E-state index in [1.54, 1.807) is 0 Å². The fourth-order valence-corrected chi connectivity index (χ4v) is 1.08.